The zero-order chi connectivity index (χ0) is 13.8. The van der Waals surface area contributed by atoms with Crippen LogP contribution in [0, 0.1) is 0 Å². The molecule has 1 heterocycles. The van der Waals surface area contributed by atoms with Crippen molar-refractivity contribution in [1.82, 2.24) is 15.2 Å². The van der Waals surface area contributed by atoms with Crippen molar-refractivity contribution in [3.8, 4) is 5.75 Å². The number of amides is 1. The second-order valence-corrected chi connectivity index (χ2v) is 3.50. The summed E-state index contributed by atoms with van der Waals surface area (Å²) in [5.41, 5.74) is 0.0712. The standard InChI is InChI=1S/C11H10N4O4/c1-19-6-2-3-8(7(4-6)11(17)18)14-10(16)9-12-5-13-15-9/h2-5H,1H3,(H,14,16)(H,17,18)(H,12,13,15). The van der Waals surface area contributed by atoms with Crippen molar-refractivity contribution in [3.05, 3.63) is 35.9 Å². The van der Waals surface area contributed by atoms with E-state index in [-0.39, 0.29) is 17.1 Å². The molecule has 0 atom stereocenters. The molecule has 1 aromatic carbocycles. The van der Waals surface area contributed by atoms with Crippen molar-refractivity contribution < 1.29 is 19.4 Å². The number of H-pyrrole nitrogens is 1. The van der Waals surface area contributed by atoms with Gasteiger partial charge in [-0.25, -0.2) is 9.78 Å². The van der Waals surface area contributed by atoms with Crippen LogP contribution >= 0.6 is 0 Å². The number of benzene rings is 1. The van der Waals surface area contributed by atoms with E-state index in [2.05, 4.69) is 20.5 Å². The Morgan fingerprint density at radius 2 is 2.21 bits per heavy atom. The first kappa shape index (κ1) is 12.6. The zero-order valence-corrected chi connectivity index (χ0v) is 9.88. The number of rotatable bonds is 4. The minimum Gasteiger partial charge on any atom is -0.497 e. The lowest BCUT2D eigenvalue weighted by molar-refractivity contribution is 0.0697. The quantitative estimate of drug-likeness (QED) is 0.748. The second-order valence-electron chi connectivity index (χ2n) is 3.50. The van der Waals surface area contributed by atoms with E-state index in [0.717, 1.165) is 0 Å². The maximum atomic E-state index is 11.7. The summed E-state index contributed by atoms with van der Waals surface area (Å²) in [5.74, 6) is -1.38. The average molecular weight is 262 g/mol. The van der Waals surface area contributed by atoms with Gasteiger partial charge in [0.1, 0.15) is 12.1 Å². The Hall–Kier alpha value is -2.90. The molecule has 0 bridgehead atoms. The molecule has 0 spiro atoms. The van der Waals surface area contributed by atoms with Crippen molar-refractivity contribution in [3.63, 3.8) is 0 Å². The van der Waals surface area contributed by atoms with Crippen molar-refractivity contribution in [1.29, 1.82) is 0 Å². The van der Waals surface area contributed by atoms with Gasteiger partial charge in [0.25, 0.3) is 5.91 Å². The van der Waals surface area contributed by atoms with E-state index in [1.807, 2.05) is 0 Å². The Kier molecular flexibility index (Phi) is 3.42. The fourth-order valence-corrected chi connectivity index (χ4v) is 1.43. The molecule has 98 valence electrons. The van der Waals surface area contributed by atoms with Gasteiger partial charge in [-0.2, -0.15) is 5.10 Å². The first-order valence-electron chi connectivity index (χ1n) is 5.20. The lowest BCUT2D eigenvalue weighted by Crippen LogP contribution is -2.16. The molecule has 0 radical (unpaired) electrons. The Labute approximate surface area is 107 Å². The van der Waals surface area contributed by atoms with Gasteiger partial charge >= 0.3 is 5.97 Å². The molecule has 0 aliphatic heterocycles. The van der Waals surface area contributed by atoms with Crippen molar-refractivity contribution >= 4 is 17.6 Å². The van der Waals surface area contributed by atoms with Crippen molar-refractivity contribution in [2.24, 2.45) is 0 Å². The molecule has 8 nitrogen and oxygen atoms in total. The summed E-state index contributed by atoms with van der Waals surface area (Å²) in [6, 6.07) is 4.30. The average Bonchev–Trinajstić information content (AvgIpc) is 2.92. The lowest BCUT2D eigenvalue weighted by atomic mass is 10.1. The number of aromatic nitrogens is 3. The molecule has 19 heavy (non-hydrogen) atoms. The van der Waals surface area contributed by atoms with Crippen LogP contribution in [0.4, 0.5) is 5.69 Å². The summed E-state index contributed by atoms with van der Waals surface area (Å²) >= 11 is 0. The third kappa shape index (κ3) is 2.68. The van der Waals surface area contributed by atoms with Crippen LogP contribution < -0.4 is 10.1 Å². The number of hydrogen-bond acceptors (Lipinski definition) is 5. The van der Waals surface area contributed by atoms with Gasteiger partial charge in [0, 0.05) is 0 Å². The van der Waals surface area contributed by atoms with Gasteiger partial charge in [0.2, 0.25) is 5.82 Å². The highest BCUT2D eigenvalue weighted by atomic mass is 16.5. The number of aromatic amines is 1. The Morgan fingerprint density at radius 1 is 1.42 bits per heavy atom. The number of hydrogen-bond donors (Lipinski definition) is 3. The van der Waals surface area contributed by atoms with Gasteiger partial charge in [0.15, 0.2) is 0 Å². The minimum absolute atomic E-state index is 0.00726. The molecule has 0 fully saturated rings. The van der Waals surface area contributed by atoms with E-state index in [9.17, 15) is 9.59 Å². The van der Waals surface area contributed by atoms with Gasteiger partial charge in [-0.1, -0.05) is 0 Å². The maximum Gasteiger partial charge on any atom is 0.337 e. The minimum atomic E-state index is -1.17. The molecule has 1 amide bonds. The largest absolute Gasteiger partial charge is 0.497 e. The SMILES string of the molecule is COc1ccc(NC(=O)c2ncn[nH]2)c(C(=O)O)c1. The van der Waals surface area contributed by atoms with E-state index in [1.165, 1.54) is 25.6 Å². The Bertz CT molecular complexity index is 609. The highest BCUT2D eigenvalue weighted by molar-refractivity contribution is 6.06. The summed E-state index contributed by atoms with van der Waals surface area (Å²) in [5, 5.41) is 17.4. The molecule has 0 saturated carbocycles. The topological polar surface area (TPSA) is 117 Å². The Balaban J connectivity index is 2.29. The first-order chi connectivity index (χ1) is 9.11. The number of anilines is 1. The molecule has 3 N–H and O–H groups in total. The third-order valence-corrected chi connectivity index (χ3v) is 2.34. The molecular weight excluding hydrogens is 252 g/mol. The Morgan fingerprint density at radius 3 is 2.79 bits per heavy atom. The number of ether oxygens (including phenoxy) is 1. The fourth-order valence-electron chi connectivity index (χ4n) is 1.43. The third-order valence-electron chi connectivity index (χ3n) is 2.34. The van der Waals surface area contributed by atoms with E-state index < -0.39 is 11.9 Å². The number of aromatic carboxylic acids is 1. The number of nitrogens with one attached hydrogen (secondary N) is 2. The van der Waals surface area contributed by atoms with Crippen LogP contribution in [0.25, 0.3) is 0 Å². The van der Waals surface area contributed by atoms with Crippen LogP contribution in [-0.4, -0.2) is 39.3 Å². The van der Waals surface area contributed by atoms with Crippen molar-refractivity contribution in [2.45, 2.75) is 0 Å². The smallest absolute Gasteiger partial charge is 0.337 e. The monoisotopic (exact) mass is 262 g/mol. The van der Waals surface area contributed by atoms with Gasteiger partial charge in [-0.15, -0.1) is 0 Å². The molecule has 0 aliphatic rings. The van der Waals surface area contributed by atoms with Crippen LogP contribution in [0.3, 0.4) is 0 Å². The number of carboxylic acid groups (broad SMARTS) is 1. The molecular formula is C11H10N4O4. The summed E-state index contributed by atoms with van der Waals surface area (Å²) in [7, 11) is 1.42. The zero-order valence-electron chi connectivity index (χ0n) is 9.88. The molecule has 8 heteroatoms. The van der Waals surface area contributed by atoms with Gasteiger partial charge < -0.3 is 15.2 Å². The van der Waals surface area contributed by atoms with Gasteiger partial charge in [0.05, 0.1) is 18.4 Å². The lowest BCUT2D eigenvalue weighted by Gasteiger charge is -2.08. The van der Waals surface area contributed by atoms with E-state index in [1.54, 1.807) is 6.07 Å². The predicted molar refractivity (Wildman–Crippen MR) is 64.3 cm³/mol. The summed E-state index contributed by atoms with van der Waals surface area (Å²) in [4.78, 5) is 26.5. The van der Waals surface area contributed by atoms with E-state index in [0.29, 0.717) is 5.75 Å². The highest BCUT2D eigenvalue weighted by Gasteiger charge is 2.16. The van der Waals surface area contributed by atoms with Gasteiger partial charge in [-0.05, 0) is 18.2 Å². The molecule has 1 aromatic heterocycles. The van der Waals surface area contributed by atoms with Crippen LogP contribution in [0.1, 0.15) is 21.0 Å². The maximum absolute atomic E-state index is 11.7. The molecule has 0 saturated heterocycles. The molecule has 2 rings (SSSR count). The molecule has 0 unspecified atom stereocenters. The van der Waals surface area contributed by atoms with Crippen LogP contribution in [-0.2, 0) is 0 Å². The van der Waals surface area contributed by atoms with Gasteiger partial charge in [-0.3, -0.25) is 9.89 Å². The van der Waals surface area contributed by atoms with Crippen LogP contribution in [0.15, 0.2) is 24.5 Å². The van der Waals surface area contributed by atoms with Crippen LogP contribution in [0.2, 0.25) is 0 Å². The van der Waals surface area contributed by atoms with Crippen LogP contribution in [0.5, 0.6) is 5.75 Å². The fraction of sp³-hybridized carbons (Fsp3) is 0.0909. The number of carbonyl (C=O) groups excluding carboxylic acids is 1. The van der Waals surface area contributed by atoms with Crippen molar-refractivity contribution in [2.75, 3.05) is 12.4 Å². The van der Waals surface area contributed by atoms with E-state index >= 15 is 0 Å². The summed E-state index contributed by atoms with van der Waals surface area (Å²) in [6.07, 6.45) is 1.18. The molecule has 0 aliphatic carbocycles. The van der Waals surface area contributed by atoms with E-state index in [4.69, 9.17) is 9.84 Å². The summed E-state index contributed by atoms with van der Waals surface area (Å²) < 4.78 is 4.93. The summed E-state index contributed by atoms with van der Waals surface area (Å²) in [6.45, 7) is 0. The molecule has 2 aromatic rings. The highest BCUT2D eigenvalue weighted by Crippen LogP contribution is 2.22. The first-order valence-corrected chi connectivity index (χ1v) is 5.20. The second kappa shape index (κ2) is 5.17. The number of carboxylic acids is 1. The normalized spacial score (nSPS) is 9.95. The predicted octanol–water partition coefficient (Wildman–Crippen LogP) is 0.764. The number of methoxy groups -OCH3 is 1. The number of nitrogens with zero attached hydrogens (tertiary/aromatic N) is 2. The number of carbonyl (C=O) groups is 2.